The van der Waals surface area contributed by atoms with Crippen LogP contribution in [-0.4, -0.2) is 194 Å². The van der Waals surface area contributed by atoms with E-state index >= 15 is 0 Å². The number of aromatic nitrogens is 8. The van der Waals surface area contributed by atoms with E-state index in [4.69, 9.17) is 59.9 Å². The molecule has 21 rings (SSSR count). The van der Waals surface area contributed by atoms with Crippen molar-refractivity contribution in [2.75, 3.05) is 18.1 Å². The third kappa shape index (κ3) is 15.6. The first-order valence-corrected chi connectivity index (χ1v) is 44.2. The van der Waals surface area contributed by atoms with Crippen molar-refractivity contribution in [3.05, 3.63) is 260 Å². The van der Waals surface area contributed by atoms with Crippen molar-refractivity contribution >= 4 is 156 Å². The van der Waals surface area contributed by atoms with E-state index in [2.05, 4.69) is 10.6 Å². The molecule has 612 valence electrons. The number of hydrogen-bond donors (Lipinski definition) is 2. The Kier molecular flexibility index (Phi) is 21.3. The van der Waals surface area contributed by atoms with E-state index in [1.165, 1.54) is 59.9 Å². The number of rotatable bonds is 12. The van der Waals surface area contributed by atoms with Crippen molar-refractivity contribution in [2.24, 2.45) is 30.0 Å². The minimum Gasteiger partial charge on any atom is -0.744 e. The Balaban J connectivity index is 0.00000516. The van der Waals surface area contributed by atoms with Gasteiger partial charge in [-0.15, -0.1) is 23.5 Å². The van der Waals surface area contributed by atoms with Crippen LogP contribution in [-0.2, 0) is 84.0 Å². The molecular weight excluding hydrogens is 1840 g/mol. The topological polar surface area (TPSA) is 530 Å². The molecule has 4 aromatic carbocycles. The van der Waals surface area contributed by atoms with Gasteiger partial charge in [0.15, 0.2) is 23.3 Å². The van der Waals surface area contributed by atoms with Crippen molar-refractivity contribution in [2.45, 2.75) is 70.3 Å². The molecule has 17 heterocycles. The average molecular weight is 1890 g/mol. The summed E-state index contributed by atoms with van der Waals surface area (Å²) in [6, 6.07) is 42.7. The van der Waals surface area contributed by atoms with E-state index in [1.807, 2.05) is 82.6 Å². The molecule has 123 heavy (non-hydrogen) atoms. The molecule has 9 aliphatic rings. The summed E-state index contributed by atoms with van der Waals surface area (Å²) in [5, 5.41) is 31.2. The minimum absolute atomic E-state index is 0. The SMILES string of the molecule is O.O=C(CNC(=O)c1cc2nc(c1)-c1cc(C(=O)[O-])cc(n1)CN1Cc3cccc(n3)-c3cccc(n3)CN(Cc3cccc(n3)-c3cccc(n3)C1)C2)NC1C(=O)N2C(C(=O)[O-])=C(CSc3ccc4c(c3)C3=NC4=Nc4c5cc(S(=O)(=O)[O-])ccc5c5[n]4[Al][n]4c(c6ccc(S(=O)(=O)[O-])cc6c4=NC4=NC(=N5)c5cc(S(=O)(=O)[O-])ccc54)=N3)CSC12.[Eu+2]. The van der Waals surface area contributed by atoms with E-state index in [0.717, 1.165) is 41.3 Å². The molecule has 0 aliphatic carbocycles. The Hall–Kier alpha value is -11.3. The number of hydrogen-bond acceptors (Lipinski definition) is 32. The molecule has 2 atom stereocenters. The van der Waals surface area contributed by atoms with Crippen LogP contribution in [0.25, 0.3) is 55.7 Å². The van der Waals surface area contributed by atoms with E-state index in [1.54, 1.807) is 31.4 Å². The number of carbonyl (C=O) groups excluding carboxylic acids is 5. The van der Waals surface area contributed by atoms with Gasteiger partial charge in [-0.3, -0.25) is 29.1 Å². The molecule has 43 heteroatoms. The second kappa shape index (κ2) is 31.8. The molecule has 2 unspecified atom stereocenters. The van der Waals surface area contributed by atoms with Gasteiger partial charge < -0.3 is 56.7 Å². The summed E-state index contributed by atoms with van der Waals surface area (Å²) >= 11 is 0.802. The van der Waals surface area contributed by atoms with Gasteiger partial charge in [0.25, 0.3) is 11.8 Å². The fraction of sp³-hybridized carbons (Fsp3) is 0.138. The predicted molar refractivity (Wildman–Crippen MR) is 431 cm³/mol. The smallest absolute Gasteiger partial charge is 0.744 e. The molecule has 8 aromatic heterocycles. The fourth-order valence-electron chi connectivity index (χ4n) is 15.7. The van der Waals surface area contributed by atoms with Gasteiger partial charge in [-0.25, -0.2) is 85.1 Å². The molecule has 20 bridgehead atoms. The van der Waals surface area contributed by atoms with Crippen molar-refractivity contribution < 1.29 is 128 Å². The normalized spacial score (nSPS) is 17.7. The van der Waals surface area contributed by atoms with Crippen LogP contribution in [0.3, 0.4) is 0 Å². The first kappa shape index (κ1) is 82.6. The first-order chi connectivity index (χ1) is 58.1. The van der Waals surface area contributed by atoms with E-state index in [9.17, 15) is 73.1 Å². The number of carboxylic acids is 2. The average Bonchev–Trinajstić information content (AvgIpc) is 1.69. The number of benzene rings is 4. The van der Waals surface area contributed by atoms with Crippen LogP contribution in [0.2, 0.25) is 0 Å². The maximum absolute atomic E-state index is 14.7. The summed E-state index contributed by atoms with van der Waals surface area (Å²) in [7, 11) is -15.3. The maximum atomic E-state index is 14.7. The Morgan fingerprint density at radius 3 is 1.48 bits per heavy atom. The van der Waals surface area contributed by atoms with Crippen LogP contribution >= 0.6 is 23.5 Å². The zero-order valence-electron chi connectivity index (χ0n) is 62.8. The van der Waals surface area contributed by atoms with Crippen molar-refractivity contribution in [3.8, 4) is 34.2 Å². The largest absolute Gasteiger partial charge is 2.00 e. The zero-order chi connectivity index (χ0) is 83.4. The van der Waals surface area contributed by atoms with Crippen molar-refractivity contribution in [1.82, 2.24) is 62.3 Å². The molecule has 2 radical (unpaired) electrons. The zero-order valence-corrected chi connectivity index (χ0v) is 70.5. The molecule has 0 saturated carbocycles. The molecule has 0 spiro atoms. The third-order valence-electron chi connectivity index (χ3n) is 21.1. The number of nitrogens with zero attached hydrogens (tertiary/aromatic N) is 17. The van der Waals surface area contributed by atoms with Gasteiger partial charge in [0.05, 0.1) is 107 Å². The quantitative estimate of drug-likeness (QED) is 0.0765. The number of nitrogens with one attached hydrogen (secondary N) is 2. The standard InChI is InChI=1S/C80H57N19O16S5.Al.Eu.H2O/c100-65(29-81-76(101)38-21-45-34-97-30-41-5-1-9-59(82-41)61-11-3-7-43(84-61)32-98(35-46-22-39(79(103)104)24-64(87-46)63(23-38)86-45)33-44-8-4-12-62(85-44)60-10-2-6-42(31-97)83-60)88-66-77(102)99-67(80(105)106)40(37-117-78(66)99)36-116-47-13-17-51-55(25-47)72-89-68(51)91-73-57-27-49(119(110,111)112)15-19-53(57)70(93-73)95-75-58-28-50(120(113,114)115)16-20-54(58)71(96-75)94-74-56-26-48(118(107,108)109)14-18-52(56)69(90-72)92-74;;;/h1-28,66,78H,29-37H2,(H9,81,82,83,84,85,86,87,88,89,90,91,92,93,94,95,96,100,101,103,104,105,106,107,108,109,110,111,112,113,114,115);;;1H2/q;2*+2;/p-7. The van der Waals surface area contributed by atoms with Crippen LogP contribution in [0.4, 0.5) is 11.6 Å². The number of aliphatic imine (C=N–C) groups is 4. The summed E-state index contributed by atoms with van der Waals surface area (Å²) in [4.78, 5) is 133. The number of β-lactam (4-membered cyclic amide) rings is 1. The van der Waals surface area contributed by atoms with Crippen molar-refractivity contribution in [3.63, 3.8) is 0 Å². The second-order valence-corrected chi connectivity index (χ2v) is 36.6. The molecule has 36 nitrogen and oxygen atoms in total. The number of amidine groups is 4. The summed E-state index contributed by atoms with van der Waals surface area (Å²) in [5.74, 6) is -5.65. The first-order valence-electron chi connectivity index (χ1n) is 36.9. The molecular formula is C80H52AlEuN19O17S5-3. The monoisotopic (exact) mass is 1890 g/mol. The Morgan fingerprint density at radius 1 is 0.472 bits per heavy atom. The third-order valence-corrected chi connectivity index (χ3v) is 27.5. The maximum Gasteiger partial charge on any atom is 2.00 e. The number of thioether (sulfide) groups is 2. The van der Waals surface area contributed by atoms with Gasteiger partial charge in [-0.1, -0.05) is 24.3 Å². The predicted octanol–water partition coefficient (Wildman–Crippen LogP) is 2.05. The number of carboxylic acid groups (broad SMARTS) is 2. The summed E-state index contributed by atoms with van der Waals surface area (Å²) in [5.41, 5.74) is 6.71. The van der Waals surface area contributed by atoms with Crippen LogP contribution in [0, 0.1) is 49.4 Å². The number of pyridine rings is 6. The van der Waals surface area contributed by atoms with Crippen LogP contribution in [0.5, 0.6) is 0 Å². The van der Waals surface area contributed by atoms with E-state index in [-0.39, 0.29) is 212 Å². The van der Waals surface area contributed by atoms with E-state index < -0.39 is 114 Å². The van der Waals surface area contributed by atoms with Crippen molar-refractivity contribution in [1.29, 1.82) is 0 Å². The molecule has 3 amide bonds. The van der Waals surface area contributed by atoms with Gasteiger partial charge in [0, 0.05) is 111 Å². The number of amides is 3. The Labute approximate surface area is 750 Å². The van der Waals surface area contributed by atoms with Gasteiger partial charge in [0.2, 0.25) is 5.91 Å². The number of fused-ring (bicyclic) bond motifs is 15. The molecule has 4 N–H and O–H groups in total. The summed E-state index contributed by atoms with van der Waals surface area (Å²) in [6.07, 6.45) is 0. The second-order valence-electron chi connectivity index (χ2n) is 29.1. The molecule has 12 aromatic rings. The molecule has 1 fully saturated rings. The van der Waals surface area contributed by atoms with Crippen LogP contribution < -0.4 is 31.8 Å². The molecule has 1 saturated heterocycles. The fourth-order valence-corrected chi connectivity index (χ4v) is 21.1. The van der Waals surface area contributed by atoms with Gasteiger partial charge in [0.1, 0.15) is 64.4 Å². The minimum atomic E-state index is -5.14. The Morgan fingerprint density at radius 2 is 0.927 bits per heavy atom. The van der Waals surface area contributed by atoms with Gasteiger partial charge >= 0.3 is 65.0 Å². The van der Waals surface area contributed by atoms with Gasteiger partial charge in [-0.2, -0.15) is 0 Å². The number of aliphatic carboxylic acids is 1. The van der Waals surface area contributed by atoms with Gasteiger partial charge in [-0.05, 0) is 151 Å². The summed E-state index contributed by atoms with van der Waals surface area (Å²) in [6.45, 7) is 0.453. The molecule has 9 aliphatic heterocycles. The number of aromatic carboxylic acids is 1. The summed E-state index contributed by atoms with van der Waals surface area (Å²) < 4.78 is 117. The van der Waals surface area contributed by atoms with Crippen LogP contribution in [0.1, 0.15) is 77.1 Å². The Bertz CT molecular complexity index is 7360. The van der Waals surface area contributed by atoms with E-state index in [0.29, 0.717) is 73.0 Å². The van der Waals surface area contributed by atoms with Crippen LogP contribution in [0.15, 0.2) is 231 Å². The number of carbonyl (C=O) groups is 5.